The van der Waals surface area contributed by atoms with E-state index >= 15 is 0 Å². The number of nitrogens with one attached hydrogen (secondary N) is 4. The number of thiocarbonyl (C=S) groups is 2. The molecule has 0 heterocycles. The van der Waals surface area contributed by atoms with Gasteiger partial charge in [-0.3, -0.25) is 16.3 Å². The van der Waals surface area contributed by atoms with Gasteiger partial charge < -0.3 is 5.32 Å². The second kappa shape index (κ2) is 8.79. The number of rotatable bonds is 4. The molecule has 0 aliphatic heterocycles. The van der Waals surface area contributed by atoms with E-state index in [1.54, 1.807) is 13.8 Å². The minimum atomic E-state index is 0.230. The van der Waals surface area contributed by atoms with Crippen molar-refractivity contribution in [1.29, 1.82) is 0 Å². The van der Waals surface area contributed by atoms with Crippen LogP contribution < -0.4 is 27.4 Å². The Kier molecular flexibility index (Phi) is 8.11. The Morgan fingerprint density at radius 1 is 1.06 bits per heavy atom. The molecule has 17 heavy (non-hydrogen) atoms. The third-order valence-electron chi connectivity index (χ3n) is 1.64. The molecule has 0 radical (unpaired) electrons. The van der Waals surface area contributed by atoms with Gasteiger partial charge in [-0.15, -0.1) is 0 Å². The summed E-state index contributed by atoms with van der Waals surface area (Å²) < 4.78 is 0. The minimum absolute atomic E-state index is 0.230. The first-order valence-electron chi connectivity index (χ1n) is 4.90. The number of hydrogen-bond donors (Lipinski definition) is 5. The molecule has 0 aromatic rings. The molecule has 0 aromatic heterocycles. The first-order chi connectivity index (χ1) is 8.01. The Labute approximate surface area is 111 Å². The highest BCUT2D eigenvalue weighted by atomic mass is 32.1. The smallest absolute Gasteiger partial charge is 0.201 e. The first-order valence-corrected chi connectivity index (χ1v) is 5.72. The van der Waals surface area contributed by atoms with Crippen molar-refractivity contribution in [3.63, 3.8) is 0 Å². The maximum atomic E-state index is 5.08. The minimum Gasteiger partial charge on any atom is -0.362 e. The molecule has 0 saturated carbocycles. The second-order valence-electron chi connectivity index (χ2n) is 2.95. The summed E-state index contributed by atoms with van der Waals surface area (Å²) in [5.74, 6) is 5.08. The molecular formula is C8H17N7S2. The van der Waals surface area contributed by atoms with Crippen molar-refractivity contribution in [2.45, 2.75) is 20.8 Å². The van der Waals surface area contributed by atoms with Crippen LogP contribution >= 0.6 is 24.4 Å². The summed E-state index contributed by atoms with van der Waals surface area (Å²) >= 11 is 9.71. The van der Waals surface area contributed by atoms with Gasteiger partial charge in [0.05, 0.1) is 11.4 Å². The molecule has 0 bridgehead atoms. The molecule has 0 atom stereocenters. The van der Waals surface area contributed by atoms with Crippen molar-refractivity contribution >= 4 is 46.1 Å². The van der Waals surface area contributed by atoms with E-state index in [9.17, 15) is 0 Å². The number of hydrazone groups is 2. The van der Waals surface area contributed by atoms with Crippen LogP contribution in [-0.2, 0) is 0 Å². The van der Waals surface area contributed by atoms with Crippen molar-refractivity contribution in [2.24, 2.45) is 16.0 Å². The molecule has 0 amide bonds. The van der Waals surface area contributed by atoms with Gasteiger partial charge in [0, 0.05) is 6.54 Å². The van der Waals surface area contributed by atoms with E-state index in [0.29, 0.717) is 16.5 Å². The molecule has 0 aromatic carbocycles. The normalized spacial score (nSPS) is 11.8. The lowest BCUT2D eigenvalue weighted by Gasteiger charge is -2.06. The highest BCUT2D eigenvalue weighted by Gasteiger charge is 1.98. The third kappa shape index (κ3) is 7.55. The lowest BCUT2D eigenvalue weighted by molar-refractivity contribution is 0.900. The van der Waals surface area contributed by atoms with Gasteiger partial charge >= 0.3 is 0 Å². The molecule has 0 aliphatic rings. The van der Waals surface area contributed by atoms with E-state index in [1.165, 1.54) is 0 Å². The zero-order valence-electron chi connectivity index (χ0n) is 10.00. The van der Waals surface area contributed by atoms with E-state index in [1.807, 2.05) is 6.92 Å². The van der Waals surface area contributed by atoms with Gasteiger partial charge in [0.25, 0.3) is 0 Å². The van der Waals surface area contributed by atoms with Crippen LogP contribution in [0.3, 0.4) is 0 Å². The van der Waals surface area contributed by atoms with Crippen LogP contribution in [0.1, 0.15) is 20.8 Å². The summed E-state index contributed by atoms with van der Waals surface area (Å²) in [4.78, 5) is 0. The Bertz CT molecular complexity index is 337. The van der Waals surface area contributed by atoms with Crippen LogP contribution in [0, 0.1) is 0 Å². The van der Waals surface area contributed by atoms with Gasteiger partial charge in [-0.2, -0.15) is 10.2 Å². The molecule has 0 rings (SSSR count). The molecule has 9 heteroatoms. The van der Waals surface area contributed by atoms with Crippen LogP contribution in [0.2, 0.25) is 0 Å². The van der Waals surface area contributed by atoms with Crippen LogP contribution in [0.4, 0.5) is 0 Å². The van der Waals surface area contributed by atoms with Crippen molar-refractivity contribution < 1.29 is 0 Å². The fourth-order valence-electron chi connectivity index (χ4n) is 0.663. The van der Waals surface area contributed by atoms with Gasteiger partial charge in [0.15, 0.2) is 5.11 Å². The van der Waals surface area contributed by atoms with E-state index in [2.05, 4.69) is 31.8 Å². The number of nitrogens with two attached hydrogens (primary N) is 1. The largest absolute Gasteiger partial charge is 0.362 e. The van der Waals surface area contributed by atoms with Crippen LogP contribution in [0.15, 0.2) is 10.2 Å². The average Bonchev–Trinajstić information content (AvgIpc) is 2.32. The van der Waals surface area contributed by atoms with Gasteiger partial charge in [0.1, 0.15) is 0 Å². The lowest BCUT2D eigenvalue weighted by Crippen LogP contribution is -2.38. The van der Waals surface area contributed by atoms with Crippen LogP contribution in [0.25, 0.3) is 0 Å². The third-order valence-corrected chi connectivity index (χ3v) is 2.09. The van der Waals surface area contributed by atoms with Crippen molar-refractivity contribution in [3.8, 4) is 0 Å². The molecular weight excluding hydrogens is 258 g/mol. The zero-order valence-corrected chi connectivity index (χ0v) is 11.6. The highest BCUT2D eigenvalue weighted by Crippen LogP contribution is 1.82. The van der Waals surface area contributed by atoms with Gasteiger partial charge in [-0.25, -0.2) is 5.84 Å². The monoisotopic (exact) mass is 275 g/mol. The summed E-state index contributed by atoms with van der Waals surface area (Å²) in [5, 5.41) is 11.6. The lowest BCUT2D eigenvalue weighted by atomic mass is 10.3. The van der Waals surface area contributed by atoms with E-state index in [-0.39, 0.29) is 5.11 Å². The standard InChI is InChI=1S/C8H17N7S2/c1-4-10-7(16)14-12-5(2)6(3)13-15-8(17)11-9/h4,9H2,1-3H3,(H2,10,14,16)(H2,11,15,17)/b12-5+,13-6+. The Morgan fingerprint density at radius 2 is 1.53 bits per heavy atom. The predicted octanol–water partition coefficient (Wildman–Crippen LogP) is -0.440. The fraction of sp³-hybridized carbons (Fsp3) is 0.500. The van der Waals surface area contributed by atoms with Crippen molar-refractivity contribution in [1.82, 2.24) is 21.6 Å². The Balaban J connectivity index is 4.28. The molecule has 7 nitrogen and oxygen atoms in total. The fourth-order valence-corrected chi connectivity index (χ4v) is 0.899. The van der Waals surface area contributed by atoms with E-state index < -0.39 is 0 Å². The molecule has 0 saturated heterocycles. The highest BCUT2D eigenvalue weighted by molar-refractivity contribution is 7.80. The van der Waals surface area contributed by atoms with Gasteiger partial charge in [0.2, 0.25) is 5.11 Å². The molecule has 0 fully saturated rings. The second-order valence-corrected chi connectivity index (χ2v) is 3.77. The van der Waals surface area contributed by atoms with Gasteiger partial charge in [-0.05, 0) is 45.2 Å². The van der Waals surface area contributed by atoms with Crippen LogP contribution in [-0.4, -0.2) is 28.2 Å². The first kappa shape index (κ1) is 15.7. The summed E-state index contributed by atoms with van der Waals surface area (Å²) in [6.07, 6.45) is 0. The summed E-state index contributed by atoms with van der Waals surface area (Å²) in [5.41, 5.74) is 8.84. The predicted molar refractivity (Wildman–Crippen MR) is 78.7 cm³/mol. The van der Waals surface area contributed by atoms with Crippen LogP contribution in [0.5, 0.6) is 0 Å². The molecule has 0 unspecified atom stereocenters. The van der Waals surface area contributed by atoms with E-state index in [0.717, 1.165) is 6.54 Å². The summed E-state index contributed by atoms with van der Waals surface area (Å²) in [7, 11) is 0. The van der Waals surface area contributed by atoms with E-state index in [4.69, 9.17) is 30.3 Å². The number of hydrazine groups is 1. The molecule has 0 spiro atoms. The SMILES string of the molecule is CCNC(=S)N/N=C(C)/C(C)=N/NC(=S)NN. The zero-order chi connectivity index (χ0) is 13.3. The quantitative estimate of drug-likeness (QED) is 0.205. The maximum Gasteiger partial charge on any atom is 0.201 e. The Hall–Kier alpha value is -1.32. The number of hydrogen-bond acceptors (Lipinski definition) is 5. The van der Waals surface area contributed by atoms with Gasteiger partial charge in [-0.1, -0.05) is 0 Å². The molecule has 96 valence electrons. The van der Waals surface area contributed by atoms with Crippen molar-refractivity contribution in [3.05, 3.63) is 0 Å². The Morgan fingerprint density at radius 3 is 1.94 bits per heavy atom. The number of nitrogens with zero attached hydrogens (tertiary/aromatic N) is 2. The molecule has 0 aliphatic carbocycles. The summed E-state index contributed by atoms with van der Waals surface area (Å²) in [6.45, 7) is 6.26. The molecule has 6 N–H and O–H groups in total. The van der Waals surface area contributed by atoms with Crippen molar-refractivity contribution in [2.75, 3.05) is 6.54 Å². The summed E-state index contributed by atoms with van der Waals surface area (Å²) in [6, 6.07) is 0. The maximum absolute atomic E-state index is 5.08. The topological polar surface area (TPSA) is 98.9 Å². The average molecular weight is 275 g/mol.